The molecule has 0 amide bonds. The van der Waals surface area contributed by atoms with Crippen molar-refractivity contribution in [1.29, 1.82) is 0 Å². The molecule has 0 radical (unpaired) electrons. The van der Waals surface area contributed by atoms with Crippen LogP contribution in [-0.2, 0) is 9.84 Å². The SMILES string of the molecule is CCCNCCNc1ncccc1S(C)(=O)=O. The molecule has 0 saturated carbocycles. The molecule has 0 saturated heterocycles. The van der Waals surface area contributed by atoms with Gasteiger partial charge in [0.25, 0.3) is 0 Å². The van der Waals surface area contributed by atoms with Gasteiger partial charge in [-0.3, -0.25) is 0 Å². The summed E-state index contributed by atoms with van der Waals surface area (Å²) in [5, 5.41) is 6.25. The first kappa shape index (κ1) is 13.9. The topological polar surface area (TPSA) is 71.1 Å². The summed E-state index contributed by atoms with van der Waals surface area (Å²) in [7, 11) is -3.23. The lowest BCUT2D eigenvalue weighted by atomic mass is 10.4. The smallest absolute Gasteiger partial charge is 0.179 e. The molecule has 0 spiro atoms. The van der Waals surface area contributed by atoms with Gasteiger partial charge >= 0.3 is 0 Å². The van der Waals surface area contributed by atoms with Crippen LogP contribution in [0, 0.1) is 0 Å². The largest absolute Gasteiger partial charge is 0.368 e. The molecule has 0 unspecified atom stereocenters. The van der Waals surface area contributed by atoms with Gasteiger partial charge in [0.2, 0.25) is 0 Å². The van der Waals surface area contributed by atoms with Crippen LogP contribution in [0.5, 0.6) is 0 Å². The fourth-order valence-electron chi connectivity index (χ4n) is 1.39. The predicted molar refractivity (Wildman–Crippen MR) is 69.0 cm³/mol. The maximum Gasteiger partial charge on any atom is 0.179 e. The summed E-state index contributed by atoms with van der Waals surface area (Å²) >= 11 is 0. The van der Waals surface area contributed by atoms with Gasteiger partial charge in [-0.2, -0.15) is 0 Å². The summed E-state index contributed by atoms with van der Waals surface area (Å²) in [5.41, 5.74) is 0. The average Bonchev–Trinajstić information content (AvgIpc) is 2.28. The van der Waals surface area contributed by atoms with Gasteiger partial charge in [-0.05, 0) is 25.1 Å². The second-order valence-corrected chi connectivity index (χ2v) is 5.78. The summed E-state index contributed by atoms with van der Waals surface area (Å²) in [5.74, 6) is 0.424. The minimum atomic E-state index is -3.23. The molecule has 6 heteroatoms. The first-order valence-corrected chi connectivity index (χ1v) is 7.54. The van der Waals surface area contributed by atoms with Gasteiger partial charge < -0.3 is 10.6 Å². The number of anilines is 1. The van der Waals surface area contributed by atoms with Crippen molar-refractivity contribution in [3.05, 3.63) is 18.3 Å². The monoisotopic (exact) mass is 257 g/mol. The van der Waals surface area contributed by atoms with Crippen molar-refractivity contribution in [3.8, 4) is 0 Å². The standard InChI is InChI=1S/C11H19N3O2S/c1-3-6-12-8-9-14-11-10(17(2,15)16)5-4-7-13-11/h4-5,7,12H,3,6,8-9H2,1-2H3,(H,13,14). The third-order valence-corrected chi connectivity index (χ3v) is 3.32. The predicted octanol–water partition coefficient (Wildman–Crippen LogP) is 0.897. The van der Waals surface area contributed by atoms with E-state index in [1.165, 1.54) is 6.26 Å². The van der Waals surface area contributed by atoms with Crippen molar-refractivity contribution in [2.24, 2.45) is 0 Å². The summed E-state index contributed by atoms with van der Waals surface area (Å²) in [4.78, 5) is 4.29. The van der Waals surface area contributed by atoms with E-state index in [9.17, 15) is 8.42 Å². The Morgan fingerprint density at radius 3 is 2.71 bits per heavy atom. The molecule has 0 bridgehead atoms. The Balaban J connectivity index is 2.59. The highest BCUT2D eigenvalue weighted by molar-refractivity contribution is 7.90. The fraction of sp³-hybridized carbons (Fsp3) is 0.545. The van der Waals surface area contributed by atoms with Gasteiger partial charge in [0.1, 0.15) is 10.7 Å². The number of aromatic nitrogens is 1. The summed E-state index contributed by atoms with van der Waals surface area (Å²) in [6.45, 7) is 4.50. The molecule has 1 heterocycles. The molecule has 0 fully saturated rings. The highest BCUT2D eigenvalue weighted by Gasteiger charge is 2.12. The van der Waals surface area contributed by atoms with Crippen molar-refractivity contribution < 1.29 is 8.42 Å². The highest BCUT2D eigenvalue weighted by Crippen LogP contribution is 2.16. The number of nitrogens with one attached hydrogen (secondary N) is 2. The van der Waals surface area contributed by atoms with Gasteiger partial charge in [-0.25, -0.2) is 13.4 Å². The molecule has 5 nitrogen and oxygen atoms in total. The van der Waals surface area contributed by atoms with Gasteiger partial charge in [0, 0.05) is 25.5 Å². The lowest BCUT2D eigenvalue weighted by molar-refractivity contribution is 0.601. The number of nitrogens with zero attached hydrogens (tertiary/aromatic N) is 1. The van der Waals surface area contributed by atoms with E-state index in [1.54, 1.807) is 18.3 Å². The first-order chi connectivity index (χ1) is 8.05. The summed E-state index contributed by atoms with van der Waals surface area (Å²) in [6.07, 6.45) is 3.85. The fourth-order valence-corrected chi connectivity index (χ4v) is 2.20. The summed E-state index contributed by atoms with van der Waals surface area (Å²) < 4.78 is 23.0. The second kappa shape index (κ2) is 6.56. The van der Waals surface area contributed by atoms with Crippen LogP contribution in [0.15, 0.2) is 23.2 Å². The van der Waals surface area contributed by atoms with Crippen molar-refractivity contribution in [3.63, 3.8) is 0 Å². The lowest BCUT2D eigenvalue weighted by Crippen LogP contribution is -2.23. The number of hydrogen-bond donors (Lipinski definition) is 2. The Kier molecular flexibility index (Phi) is 5.37. The zero-order valence-corrected chi connectivity index (χ0v) is 11.0. The molecule has 0 aliphatic carbocycles. The van der Waals surface area contributed by atoms with E-state index >= 15 is 0 Å². The number of rotatable bonds is 7. The van der Waals surface area contributed by atoms with Crippen LogP contribution in [0.3, 0.4) is 0 Å². The molecule has 96 valence electrons. The second-order valence-electron chi connectivity index (χ2n) is 3.80. The van der Waals surface area contributed by atoms with E-state index in [2.05, 4.69) is 22.5 Å². The Labute approximate surface area is 103 Å². The van der Waals surface area contributed by atoms with Crippen molar-refractivity contribution in [2.45, 2.75) is 18.2 Å². The molecular weight excluding hydrogens is 238 g/mol. The number of hydrogen-bond acceptors (Lipinski definition) is 5. The Hall–Kier alpha value is -1.14. The molecule has 0 aliphatic rings. The van der Waals surface area contributed by atoms with Crippen molar-refractivity contribution in [1.82, 2.24) is 10.3 Å². The zero-order chi connectivity index (χ0) is 12.7. The molecule has 0 aliphatic heterocycles. The highest BCUT2D eigenvalue weighted by atomic mass is 32.2. The van der Waals surface area contributed by atoms with Crippen LogP contribution < -0.4 is 10.6 Å². The molecule has 0 aromatic carbocycles. The van der Waals surface area contributed by atoms with Crippen LogP contribution in [0.2, 0.25) is 0 Å². The van der Waals surface area contributed by atoms with Crippen molar-refractivity contribution >= 4 is 15.7 Å². The normalized spacial score (nSPS) is 11.4. The zero-order valence-electron chi connectivity index (χ0n) is 10.2. The number of sulfone groups is 1. The third-order valence-electron chi connectivity index (χ3n) is 2.19. The van der Waals surface area contributed by atoms with Gasteiger partial charge in [0.15, 0.2) is 9.84 Å². The van der Waals surface area contributed by atoms with Crippen LogP contribution >= 0.6 is 0 Å². The van der Waals surface area contributed by atoms with Gasteiger partial charge in [-0.15, -0.1) is 0 Å². The Morgan fingerprint density at radius 2 is 2.06 bits per heavy atom. The van der Waals surface area contributed by atoms with Gasteiger partial charge in [0.05, 0.1) is 0 Å². The minimum Gasteiger partial charge on any atom is -0.368 e. The van der Waals surface area contributed by atoms with Gasteiger partial charge in [-0.1, -0.05) is 6.92 Å². The summed E-state index contributed by atoms with van der Waals surface area (Å²) in [6, 6.07) is 3.18. The molecular formula is C11H19N3O2S. The molecule has 1 aromatic rings. The van der Waals surface area contributed by atoms with E-state index in [1.807, 2.05) is 0 Å². The van der Waals surface area contributed by atoms with Crippen LogP contribution in [0.25, 0.3) is 0 Å². The first-order valence-electron chi connectivity index (χ1n) is 5.65. The molecule has 0 atom stereocenters. The Bertz CT molecular complexity index is 446. The molecule has 1 aromatic heterocycles. The quantitative estimate of drug-likeness (QED) is 0.710. The maximum absolute atomic E-state index is 11.5. The molecule has 2 N–H and O–H groups in total. The van der Waals surface area contributed by atoms with Crippen LogP contribution in [0.4, 0.5) is 5.82 Å². The van der Waals surface area contributed by atoms with E-state index in [-0.39, 0.29) is 4.90 Å². The van der Waals surface area contributed by atoms with Crippen LogP contribution in [0.1, 0.15) is 13.3 Å². The minimum absolute atomic E-state index is 0.246. The van der Waals surface area contributed by atoms with Crippen LogP contribution in [-0.4, -0.2) is 39.3 Å². The van der Waals surface area contributed by atoms with E-state index < -0.39 is 9.84 Å². The Morgan fingerprint density at radius 1 is 1.29 bits per heavy atom. The van der Waals surface area contributed by atoms with Crippen molar-refractivity contribution in [2.75, 3.05) is 31.2 Å². The van der Waals surface area contributed by atoms with E-state index in [0.29, 0.717) is 12.4 Å². The van der Waals surface area contributed by atoms with E-state index in [4.69, 9.17) is 0 Å². The average molecular weight is 257 g/mol. The lowest BCUT2D eigenvalue weighted by Gasteiger charge is -2.09. The number of pyridine rings is 1. The third kappa shape index (κ3) is 4.70. The molecule has 17 heavy (non-hydrogen) atoms. The van der Waals surface area contributed by atoms with E-state index in [0.717, 1.165) is 19.5 Å². The maximum atomic E-state index is 11.5. The molecule has 1 rings (SSSR count).